The molecule has 1 aromatic rings. The van der Waals surface area contributed by atoms with Crippen molar-refractivity contribution in [2.24, 2.45) is 0 Å². The van der Waals surface area contributed by atoms with Gasteiger partial charge in [-0.1, -0.05) is 17.7 Å². The van der Waals surface area contributed by atoms with Crippen LogP contribution in [0, 0.1) is 6.92 Å². The first-order valence-corrected chi connectivity index (χ1v) is 9.62. The van der Waals surface area contributed by atoms with Gasteiger partial charge >= 0.3 is 0 Å². The van der Waals surface area contributed by atoms with Crippen molar-refractivity contribution in [3.8, 4) is 0 Å². The van der Waals surface area contributed by atoms with E-state index in [4.69, 9.17) is 11.6 Å². The largest absolute Gasteiger partial charge is 0.339 e. The van der Waals surface area contributed by atoms with E-state index in [-0.39, 0.29) is 12.5 Å². The second kappa shape index (κ2) is 7.07. The lowest BCUT2D eigenvalue weighted by Crippen LogP contribution is -2.50. The molecule has 1 heterocycles. The zero-order valence-electron chi connectivity index (χ0n) is 13.6. The molecule has 0 atom stereocenters. The van der Waals surface area contributed by atoms with Crippen molar-refractivity contribution < 1.29 is 13.2 Å². The molecule has 0 spiro atoms. The predicted molar refractivity (Wildman–Crippen MR) is 92.5 cm³/mol. The Kier molecular flexibility index (Phi) is 5.54. The molecule has 0 bridgehead atoms. The molecular formula is C15H22ClN3O3S. The first kappa shape index (κ1) is 18.0. The molecule has 0 saturated carbocycles. The van der Waals surface area contributed by atoms with Gasteiger partial charge in [-0.15, -0.1) is 0 Å². The van der Waals surface area contributed by atoms with E-state index in [2.05, 4.69) is 4.90 Å². The highest BCUT2D eigenvalue weighted by molar-refractivity contribution is 7.92. The van der Waals surface area contributed by atoms with Crippen LogP contribution in [0.15, 0.2) is 18.2 Å². The molecule has 0 N–H and O–H groups in total. The van der Waals surface area contributed by atoms with E-state index in [1.165, 1.54) is 0 Å². The number of carbonyl (C=O) groups excluding carboxylic acids is 1. The molecule has 128 valence electrons. The Labute approximate surface area is 142 Å². The van der Waals surface area contributed by atoms with E-state index in [9.17, 15) is 13.2 Å². The molecule has 1 saturated heterocycles. The topological polar surface area (TPSA) is 60.9 Å². The Morgan fingerprint density at radius 2 is 1.87 bits per heavy atom. The molecule has 0 aromatic heterocycles. The van der Waals surface area contributed by atoms with E-state index in [0.29, 0.717) is 29.4 Å². The van der Waals surface area contributed by atoms with Crippen LogP contribution >= 0.6 is 11.6 Å². The summed E-state index contributed by atoms with van der Waals surface area (Å²) in [4.78, 5) is 16.3. The van der Waals surface area contributed by atoms with Crippen molar-refractivity contribution in [3.05, 3.63) is 28.8 Å². The lowest BCUT2D eigenvalue weighted by atomic mass is 10.2. The lowest BCUT2D eigenvalue weighted by Gasteiger charge is -2.34. The smallest absolute Gasteiger partial charge is 0.243 e. The second-order valence-electron chi connectivity index (χ2n) is 5.84. The number of rotatable bonds is 4. The van der Waals surface area contributed by atoms with E-state index in [1.54, 1.807) is 30.0 Å². The molecule has 6 nitrogen and oxygen atoms in total. The van der Waals surface area contributed by atoms with Gasteiger partial charge in [0.25, 0.3) is 0 Å². The normalized spacial score (nSPS) is 16.4. The number of amides is 1. The number of benzene rings is 1. The summed E-state index contributed by atoms with van der Waals surface area (Å²) in [5, 5.41) is 0.475. The van der Waals surface area contributed by atoms with Gasteiger partial charge in [0.1, 0.15) is 6.54 Å². The van der Waals surface area contributed by atoms with Gasteiger partial charge in [0.05, 0.1) is 11.9 Å². The number of likely N-dealkylation sites (N-methyl/N-ethyl adjacent to an activating group) is 1. The van der Waals surface area contributed by atoms with E-state index in [0.717, 1.165) is 23.7 Å². The zero-order valence-corrected chi connectivity index (χ0v) is 15.2. The van der Waals surface area contributed by atoms with Crippen molar-refractivity contribution in [2.75, 3.05) is 50.3 Å². The maximum atomic E-state index is 12.5. The Morgan fingerprint density at radius 1 is 1.26 bits per heavy atom. The van der Waals surface area contributed by atoms with Gasteiger partial charge in [0.15, 0.2) is 0 Å². The molecule has 0 unspecified atom stereocenters. The standard InChI is InChI=1S/C15H22ClN3O3S/c1-12-13(16)5-4-6-14(12)19(23(3,21)22)11-15(20)18-9-7-17(2)8-10-18/h4-6H,7-11H2,1-3H3. The van der Waals surface area contributed by atoms with Gasteiger partial charge in [0, 0.05) is 31.2 Å². The Balaban J connectivity index is 2.24. The van der Waals surface area contributed by atoms with Crippen LogP contribution in [0.25, 0.3) is 0 Å². The molecular weight excluding hydrogens is 338 g/mol. The quantitative estimate of drug-likeness (QED) is 0.810. The minimum absolute atomic E-state index is 0.192. The van der Waals surface area contributed by atoms with Gasteiger partial charge in [0.2, 0.25) is 15.9 Å². The molecule has 8 heteroatoms. The van der Waals surface area contributed by atoms with Crippen LogP contribution in [0.5, 0.6) is 0 Å². The van der Waals surface area contributed by atoms with Gasteiger partial charge in [-0.25, -0.2) is 8.42 Å². The third-order valence-electron chi connectivity index (χ3n) is 4.04. The maximum absolute atomic E-state index is 12.5. The van der Waals surface area contributed by atoms with E-state index < -0.39 is 10.0 Å². The number of piperazine rings is 1. The van der Waals surface area contributed by atoms with Crippen molar-refractivity contribution in [1.29, 1.82) is 0 Å². The lowest BCUT2D eigenvalue weighted by molar-refractivity contribution is -0.131. The van der Waals surface area contributed by atoms with Gasteiger partial charge in [-0.2, -0.15) is 0 Å². The van der Waals surface area contributed by atoms with Crippen molar-refractivity contribution >= 4 is 33.2 Å². The van der Waals surface area contributed by atoms with Crippen LogP contribution in [0.3, 0.4) is 0 Å². The monoisotopic (exact) mass is 359 g/mol. The molecule has 1 aromatic carbocycles. The highest BCUT2D eigenvalue weighted by Crippen LogP contribution is 2.28. The molecule has 0 radical (unpaired) electrons. The van der Waals surface area contributed by atoms with Gasteiger partial charge in [-0.05, 0) is 31.7 Å². The van der Waals surface area contributed by atoms with Crippen molar-refractivity contribution in [2.45, 2.75) is 6.92 Å². The van der Waals surface area contributed by atoms with Crippen LogP contribution < -0.4 is 4.31 Å². The first-order chi connectivity index (χ1) is 10.7. The molecule has 0 aliphatic carbocycles. The number of carbonyl (C=O) groups is 1. The van der Waals surface area contributed by atoms with Crippen LogP contribution in [0.2, 0.25) is 5.02 Å². The Bertz CT molecular complexity index is 685. The highest BCUT2D eigenvalue weighted by atomic mass is 35.5. The average Bonchev–Trinajstić information content (AvgIpc) is 2.47. The van der Waals surface area contributed by atoms with E-state index >= 15 is 0 Å². The summed E-state index contributed by atoms with van der Waals surface area (Å²) in [6.45, 7) is 4.35. The predicted octanol–water partition coefficient (Wildman–Crippen LogP) is 1.19. The molecule has 1 fully saturated rings. The Hall–Kier alpha value is -1.31. The van der Waals surface area contributed by atoms with Gasteiger partial charge in [-0.3, -0.25) is 9.10 Å². The molecule has 23 heavy (non-hydrogen) atoms. The fourth-order valence-electron chi connectivity index (χ4n) is 2.53. The second-order valence-corrected chi connectivity index (χ2v) is 8.15. The van der Waals surface area contributed by atoms with E-state index in [1.807, 2.05) is 7.05 Å². The summed E-state index contributed by atoms with van der Waals surface area (Å²) in [6, 6.07) is 5.05. The molecule has 1 amide bonds. The summed E-state index contributed by atoms with van der Waals surface area (Å²) in [5.74, 6) is -0.192. The maximum Gasteiger partial charge on any atom is 0.243 e. The summed E-state index contributed by atoms with van der Waals surface area (Å²) in [5.41, 5.74) is 1.09. The van der Waals surface area contributed by atoms with Crippen LogP contribution in [0.4, 0.5) is 5.69 Å². The third kappa shape index (κ3) is 4.37. The van der Waals surface area contributed by atoms with Crippen molar-refractivity contribution in [1.82, 2.24) is 9.80 Å². The van der Waals surface area contributed by atoms with Crippen LogP contribution in [0.1, 0.15) is 5.56 Å². The number of anilines is 1. The summed E-state index contributed by atoms with van der Waals surface area (Å²) < 4.78 is 25.5. The highest BCUT2D eigenvalue weighted by Gasteiger charge is 2.27. The third-order valence-corrected chi connectivity index (χ3v) is 5.58. The molecule has 1 aliphatic heterocycles. The average molecular weight is 360 g/mol. The number of nitrogens with zero attached hydrogens (tertiary/aromatic N) is 3. The molecule has 1 aliphatic rings. The SMILES string of the molecule is Cc1c(Cl)cccc1N(CC(=O)N1CCN(C)CC1)S(C)(=O)=O. The first-order valence-electron chi connectivity index (χ1n) is 7.39. The summed E-state index contributed by atoms with van der Waals surface area (Å²) >= 11 is 6.09. The Morgan fingerprint density at radius 3 is 2.43 bits per heavy atom. The summed E-state index contributed by atoms with van der Waals surface area (Å²) in [7, 11) is -1.59. The van der Waals surface area contributed by atoms with Crippen LogP contribution in [-0.4, -0.2) is 70.2 Å². The number of hydrogen-bond donors (Lipinski definition) is 0. The number of sulfonamides is 1. The summed E-state index contributed by atoms with van der Waals surface area (Å²) in [6.07, 6.45) is 1.10. The van der Waals surface area contributed by atoms with Crippen molar-refractivity contribution in [3.63, 3.8) is 0 Å². The zero-order chi connectivity index (χ0) is 17.2. The molecule has 2 rings (SSSR count). The minimum Gasteiger partial charge on any atom is -0.339 e. The van der Waals surface area contributed by atoms with Gasteiger partial charge < -0.3 is 9.80 Å². The number of hydrogen-bond acceptors (Lipinski definition) is 4. The number of halogens is 1. The van der Waals surface area contributed by atoms with Crippen LogP contribution in [-0.2, 0) is 14.8 Å². The minimum atomic E-state index is -3.58. The fourth-order valence-corrected chi connectivity index (χ4v) is 3.60. The fraction of sp³-hybridized carbons (Fsp3) is 0.533.